The van der Waals surface area contributed by atoms with Gasteiger partial charge in [-0.2, -0.15) is 0 Å². The first-order chi connectivity index (χ1) is 6.35. The summed E-state index contributed by atoms with van der Waals surface area (Å²) in [5, 5.41) is 12.9. The van der Waals surface area contributed by atoms with E-state index in [0.717, 1.165) is 6.42 Å². The van der Waals surface area contributed by atoms with E-state index in [1.165, 1.54) is 0 Å². The third-order valence-corrected chi connectivity index (χ3v) is 1.97. The molecule has 86 valence electrons. The van der Waals surface area contributed by atoms with Crippen LogP contribution in [0.15, 0.2) is 0 Å². The number of hydrogen-bond donors (Lipinski definition) is 2. The van der Waals surface area contributed by atoms with Gasteiger partial charge in [0, 0.05) is 19.7 Å². The van der Waals surface area contributed by atoms with Crippen molar-refractivity contribution in [3.63, 3.8) is 0 Å². The molecule has 0 aliphatic heterocycles. The van der Waals surface area contributed by atoms with Gasteiger partial charge < -0.3 is 15.2 Å². The van der Waals surface area contributed by atoms with Crippen LogP contribution in [-0.2, 0) is 4.74 Å². The summed E-state index contributed by atoms with van der Waals surface area (Å²) >= 11 is 0. The molecule has 0 rings (SSSR count). The fourth-order valence-corrected chi connectivity index (χ4v) is 1.43. The first kappa shape index (κ1) is 13.9. The molecule has 0 aromatic rings. The molecular formula is C11H25NO2. The Hall–Kier alpha value is -0.120. The molecule has 0 spiro atoms. The Morgan fingerprint density at radius 1 is 1.36 bits per heavy atom. The number of hydrogen-bond acceptors (Lipinski definition) is 3. The molecule has 0 heterocycles. The maximum absolute atomic E-state index is 9.70. The van der Waals surface area contributed by atoms with Crippen molar-refractivity contribution in [1.82, 2.24) is 5.32 Å². The van der Waals surface area contributed by atoms with Crippen LogP contribution in [0.5, 0.6) is 0 Å². The van der Waals surface area contributed by atoms with Crippen LogP contribution in [0.1, 0.15) is 34.1 Å². The first-order valence-electron chi connectivity index (χ1n) is 5.25. The zero-order valence-electron chi connectivity index (χ0n) is 10.1. The summed E-state index contributed by atoms with van der Waals surface area (Å²) in [6.07, 6.45) is 0.550. The zero-order chi connectivity index (χ0) is 11.2. The summed E-state index contributed by atoms with van der Waals surface area (Å²) in [5.74, 6) is 0. The van der Waals surface area contributed by atoms with Crippen molar-refractivity contribution in [1.29, 1.82) is 0 Å². The molecule has 0 saturated heterocycles. The smallest absolute Gasteiger partial charge is 0.0669 e. The Morgan fingerprint density at radius 3 is 2.36 bits per heavy atom. The summed E-state index contributed by atoms with van der Waals surface area (Å²) in [6, 6.07) is 0.301. The van der Waals surface area contributed by atoms with Crippen LogP contribution in [0.25, 0.3) is 0 Å². The van der Waals surface area contributed by atoms with Crippen molar-refractivity contribution in [2.24, 2.45) is 5.41 Å². The Bertz CT molecular complexity index is 143. The van der Waals surface area contributed by atoms with Gasteiger partial charge in [0.15, 0.2) is 0 Å². The van der Waals surface area contributed by atoms with Crippen molar-refractivity contribution >= 4 is 0 Å². The summed E-state index contributed by atoms with van der Waals surface area (Å²) in [5.41, 5.74) is 0.186. The maximum Gasteiger partial charge on any atom is 0.0669 e. The fourth-order valence-electron chi connectivity index (χ4n) is 1.43. The molecule has 0 aliphatic carbocycles. The van der Waals surface area contributed by atoms with E-state index in [4.69, 9.17) is 4.74 Å². The molecule has 0 saturated carbocycles. The Morgan fingerprint density at radius 2 is 1.93 bits per heavy atom. The van der Waals surface area contributed by atoms with Crippen LogP contribution < -0.4 is 5.32 Å². The van der Waals surface area contributed by atoms with Gasteiger partial charge in [-0.15, -0.1) is 0 Å². The van der Waals surface area contributed by atoms with Gasteiger partial charge in [0.2, 0.25) is 0 Å². The van der Waals surface area contributed by atoms with Gasteiger partial charge in [-0.25, -0.2) is 0 Å². The second-order valence-electron chi connectivity index (χ2n) is 5.18. The SMILES string of the molecule is COCC(C)NCC(O)CC(C)(C)C. The van der Waals surface area contributed by atoms with E-state index in [2.05, 4.69) is 26.1 Å². The standard InChI is InChI=1S/C11H25NO2/c1-9(8-14-5)12-7-10(13)6-11(2,3)4/h9-10,12-13H,6-8H2,1-5H3. The van der Waals surface area contributed by atoms with E-state index < -0.39 is 0 Å². The highest BCUT2D eigenvalue weighted by molar-refractivity contribution is 4.71. The topological polar surface area (TPSA) is 41.5 Å². The van der Waals surface area contributed by atoms with E-state index in [1.54, 1.807) is 7.11 Å². The molecular weight excluding hydrogens is 178 g/mol. The maximum atomic E-state index is 9.70. The Balaban J connectivity index is 3.58. The zero-order valence-corrected chi connectivity index (χ0v) is 10.1. The second kappa shape index (κ2) is 6.38. The van der Waals surface area contributed by atoms with Crippen LogP contribution in [0.4, 0.5) is 0 Å². The van der Waals surface area contributed by atoms with Gasteiger partial charge in [0.05, 0.1) is 12.7 Å². The highest BCUT2D eigenvalue weighted by Gasteiger charge is 2.16. The van der Waals surface area contributed by atoms with Crippen molar-refractivity contribution < 1.29 is 9.84 Å². The lowest BCUT2D eigenvalue weighted by atomic mass is 9.89. The van der Waals surface area contributed by atoms with Crippen LogP contribution in [0, 0.1) is 5.41 Å². The highest BCUT2D eigenvalue weighted by atomic mass is 16.5. The number of methoxy groups -OCH3 is 1. The number of rotatable bonds is 6. The van der Waals surface area contributed by atoms with Gasteiger partial charge in [0.1, 0.15) is 0 Å². The molecule has 0 bridgehead atoms. The van der Waals surface area contributed by atoms with Crippen LogP contribution in [0.3, 0.4) is 0 Å². The Labute approximate surface area is 87.8 Å². The molecule has 0 amide bonds. The number of ether oxygens (including phenoxy) is 1. The molecule has 2 unspecified atom stereocenters. The monoisotopic (exact) mass is 203 g/mol. The lowest BCUT2D eigenvalue weighted by Gasteiger charge is -2.23. The minimum atomic E-state index is -0.269. The van der Waals surface area contributed by atoms with Crippen LogP contribution >= 0.6 is 0 Å². The third kappa shape index (κ3) is 8.48. The highest BCUT2D eigenvalue weighted by Crippen LogP contribution is 2.20. The van der Waals surface area contributed by atoms with E-state index in [1.807, 2.05) is 6.92 Å². The average molecular weight is 203 g/mol. The normalized spacial score (nSPS) is 16.7. The summed E-state index contributed by atoms with van der Waals surface area (Å²) in [7, 11) is 1.68. The molecule has 3 nitrogen and oxygen atoms in total. The number of aliphatic hydroxyl groups excluding tert-OH is 1. The second-order valence-corrected chi connectivity index (χ2v) is 5.18. The fraction of sp³-hybridized carbons (Fsp3) is 1.00. The summed E-state index contributed by atoms with van der Waals surface area (Å²) in [4.78, 5) is 0. The van der Waals surface area contributed by atoms with E-state index in [-0.39, 0.29) is 11.5 Å². The van der Waals surface area contributed by atoms with Crippen molar-refractivity contribution in [2.45, 2.75) is 46.3 Å². The molecule has 0 fully saturated rings. The lowest BCUT2D eigenvalue weighted by molar-refractivity contribution is 0.108. The molecule has 2 atom stereocenters. The van der Waals surface area contributed by atoms with Crippen LogP contribution in [-0.4, -0.2) is 37.5 Å². The van der Waals surface area contributed by atoms with Crippen molar-refractivity contribution in [3.05, 3.63) is 0 Å². The number of aliphatic hydroxyl groups is 1. The molecule has 14 heavy (non-hydrogen) atoms. The molecule has 0 aromatic carbocycles. The minimum absolute atomic E-state index is 0.186. The van der Waals surface area contributed by atoms with Gasteiger partial charge in [0.25, 0.3) is 0 Å². The van der Waals surface area contributed by atoms with E-state index in [9.17, 15) is 5.11 Å². The van der Waals surface area contributed by atoms with Gasteiger partial charge in [-0.3, -0.25) is 0 Å². The lowest BCUT2D eigenvalue weighted by Crippen LogP contribution is -2.37. The Kier molecular flexibility index (Phi) is 6.33. The van der Waals surface area contributed by atoms with Crippen molar-refractivity contribution in [2.75, 3.05) is 20.3 Å². The average Bonchev–Trinajstić information content (AvgIpc) is 1.98. The minimum Gasteiger partial charge on any atom is -0.392 e. The predicted octanol–water partition coefficient (Wildman–Crippen LogP) is 1.41. The number of nitrogens with one attached hydrogen (secondary N) is 1. The third-order valence-electron chi connectivity index (χ3n) is 1.97. The molecule has 0 aromatic heterocycles. The van der Waals surface area contributed by atoms with Gasteiger partial charge >= 0.3 is 0 Å². The first-order valence-corrected chi connectivity index (χ1v) is 5.25. The van der Waals surface area contributed by atoms with Crippen molar-refractivity contribution in [3.8, 4) is 0 Å². The van der Waals surface area contributed by atoms with Crippen LogP contribution in [0.2, 0.25) is 0 Å². The van der Waals surface area contributed by atoms with Gasteiger partial charge in [-0.1, -0.05) is 20.8 Å². The largest absolute Gasteiger partial charge is 0.392 e. The quantitative estimate of drug-likeness (QED) is 0.686. The summed E-state index contributed by atoms with van der Waals surface area (Å²) < 4.78 is 4.99. The van der Waals surface area contributed by atoms with E-state index >= 15 is 0 Å². The predicted molar refractivity (Wildman–Crippen MR) is 59.4 cm³/mol. The molecule has 0 aliphatic rings. The molecule has 2 N–H and O–H groups in total. The summed E-state index contributed by atoms with van der Waals surface area (Å²) in [6.45, 7) is 9.77. The molecule has 0 radical (unpaired) electrons. The van der Waals surface area contributed by atoms with Gasteiger partial charge in [-0.05, 0) is 18.8 Å². The molecule has 3 heteroatoms. The van der Waals surface area contributed by atoms with E-state index in [0.29, 0.717) is 19.2 Å².